The first-order valence-corrected chi connectivity index (χ1v) is 8.50. The summed E-state index contributed by atoms with van der Waals surface area (Å²) in [6.45, 7) is 1.69. The van der Waals surface area contributed by atoms with Crippen LogP contribution in [0.2, 0.25) is 0 Å². The summed E-state index contributed by atoms with van der Waals surface area (Å²) in [5, 5.41) is 29.5. The lowest BCUT2D eigenvalue weighted by Crippen LogP contribution is -2.34. The van der Waals surface area contributed by atoms with E-state index in [1.54, 1.807) is 6.92 Å². The quantitative estimate of drug-likeness (QED) is 0.345. The van der Waals surface area contributed by atoms with Crippen molar-refractivity contribution >= 4 is 34.3 Å². The summed E-state index contributed by atoms with van der Waals surface area (Å²) in [6.07, 6.45) is 1.16. The van der Waals surface area contributed by atoms with E-state index in [0.29, 0.717) is 0 Å². The molecule has 1 amide bonds. The van der Waals surface area contributed by atoms with Crippen molar-refractivity contribution in [1.82, 2.24) is 5.43 Å². The van der Waals surface area contributed by atoms with Crippen LogP contribution in [0.1, 0.15) is 12.5 Å². The van der Waals surface area contributed by atoms with Gasteiger partial charge in [-0.15, -0.1) is 0 Å². The molecule has 0 spiro atoms. The minimum absolute atomic E-state index is 0.129. The molecule has 0 fully saturated rings. The maximum Gasteiger partial charge on any atom is 0.270 e. The van der Waals surface area contributed by atoms with E-state index < -0.39 is 16.9 Å². The van der Waals surface area contributed by atoms with Gasteiger partial charge in [-0.1, -0.05) is 30.3 Å². The fourth-order valence-corrected chi connectivity index (χ4v) is 2.62. The van der Waals surface area contributed by atoms with Crippen molar-refractivity contribution in [3.8, 4) is 5.75 Å². The number of nitrogens with one attached hydrogen (secondary N) is 2. The smallest absolute Gasteiger partial charge is 0.270 e. The van der Waals surface area contributed by atoms with Crippen LogP contribution >= 0.6 is 0 Å². The molecule has 3 rings (SSSR count). The number of anilines is 1. The lowest BCUT2D eigenvalue weighted by Gasteiger charge is -2.14. The number of amides is 1. The van der Waals surface area contributed by atoms with Crippen LogP contribution < -0.4 is 10.7 Å². The molecule has 0 saturated carbocycles. The largest absolute Gasteiger partial charge is 0.507 e. The van der Waals surface area contributed by atoms with Crippen LogP contribution in [0.5, 0.6) is 5.75 Å². The van der Waals surface area contributed by atoms with Crippen LogP contribution in [0, 0.1) is 10.1 Å². The lowest BCUT2D eigenvalue weighted by molar-refractivity contribution is -0.384. The first kappa shape index (κ1) is 18.8. The second kappa shape index (κ2) is 8.17. The Morgan fingerprint density at radius 1 is 1.14 bits per heavy atom. The Kier molecular flexibility index (Phi) is 5.50. The molecule has 1 unspecified atom stereocenters. The molecule has 28 heavy (non-hydrogen) atoms. The standard InChI is InChI=1S/C20H18N4O4/c1-13(22-17-7-6-14-4-2-3-5-15(14)10-17)20(26)23-21-12-16-11-18(24(27)28)8-9-19(16)25/h2-13,22,25H,1H3,(H,23,26). The van der Waals surface area contributed by atoms with Gasteiger partial charge in [0.2, 0.25) is 0 Å². The summed E-state index contributed by atoms with van der Waals surface area (Å²) in [7, 11) is 0. The Hall–Kier alpha value is -3.94. The number of hydrazone groups is 1. The first-order chi connectivity index (χ1) is 13.4. The van der Waals surface area contributed by atoms with Crippen molar-refractivity contribution in [2.75, 3.05) is 5.32 Å². The predicted octanol–water partition coefficient (Wildman–Crippen LogP) is 3.40. The summed E-state index contributed by atoms with van der Waals surface area (Å²) in [4.78, 5) is 22.4. The Morgan fingerprint density at radius 3 is 2.64 bits per heavy atom. The molecule has 142 valence electrons. The van der Waals surface area contributed by atoms with Crippen molar-refractivity contribution in [1.29, 1.82) is 0 Å². The number of nitro groups is 1. The molecule has 3 N–H and O–H groups in total. The fourth-order valence-electron chi connectivity index (χ4n) is 2.62. The Morgan fingerprint density at radius 2 is 1.89 bits per heavy atom. The second-order valence-electron chi connectivity index (χ2n) is 6.16. The third-order valence-electron chi connectivity index (χ3n) is 4.13. The van der Waals surface area contributed by atoms with Crippen molar-refractivity contribution in [2.45, 2.75) is 13.0 Å². The van der Waals surface area contributed by atoms with E-state index >= 15 is 0 Å². The Bertz CT molecular complexity index is 1070. The molecule has 0 radical (unpaired) electrons. The SMILES string of the molecule is CC(Nc1ccc2ccccc2c1)C(=O)NN=Cc1cc([N+](=O)[O-])ccc1O. The van der Waals surface area contributed by atoms with Crippen molar-refractivity contribution < 1.29 is 14.8 Å². The number of nitrogens with zero attached hydrogens (tertiary/aromatic N) is 2. The second-order valence-corrected chi connectivity index (χ2v) is 6.16. The minimum Gasteiger partial charge on any atom is -0.507 e. The summed E-state index contributed by atoms with van der Waals surface area (Å²) in [5.74, 6) is -0.569. The monoisotopic (exact) mass is 378 g/mol. The first-order valence-electron chi connectivity index (χ1n) is 8.50. The molecule has 0 saturated heterocycles. The normalized spacial score (nSPS) is 12.0. The number of non-ortho nitro benzene ring substituents is 1. The Balaban J connectivity index is 1.63. The molecule has 3 aromatic carbocycles. The third-order valence-corrected chi connectivity index (χ3v) is 4.13. The van der Waals surface area contributed by atoms with Crippen molar-refractivity contribution in [3.63, 3.8) is 0 Å². The van der Waals surface area contributed by atoms with E-state index in [4.69, 9.17) is 0 Å². The number of carbonyl (C=O) groups is 1. The van der Waals surface area contributed by atoms with Crippen LogP contribution in [0.3, 0.4) is 0 Å². The van der Waals surface area contributed by atoms with Crippen LogP contribution in [-0.4, -0.2) is 28.2 Å². The molecule has 0 bridgehead atoms. The van der Waals surface area contributed by atoms with Gasteiger partial charge in [0, 0.05) is 23.4 Å². The lowest BCUT2D eigenvalue weighted by atomic mass is 10.1. The highest BCUT2D eigenvalue weighted by atomic mass is 16.6. The maximum absolute atomic E-state index is 12.2. The van der Waals surface area contributed by atoms with E-state index in [1.807, 2.05) is 42.5 Å². The molecular formula is C20H18N4O4. The number of aromatic hydroxyl groups is 1. The number of phenols is 1. The number of hydrogen-bond donors (Lipinski definition) is 3. The van der Waals surface area contributed by atoms with Crippen LogP contribution in [0.15, 0.2) is 65.8 Å². The number of hydrogen-bond acceptors (Lipinski definition) is 6. The van der Waals surface area contributed by atoms with Gasteiger partial charge in [0.15, 0.2) is 0 Å². The summed E-state index contributed by atoms with van der Waals surface area (Å²) >= 11 is 0. The predicted molar refractivity (Wildman–Crippen MR) is 108 cm³/mol. The molecule has 0 aliphatic rings. The molecule has 3 aromatic rings. The fraction of sp³-hybridized carbons (Fsp3) is 0.100. The molecular weight excluding hydrogens is 360 g/mol. The van der Waals surface area contributed by atoms with Gasteiger partial charge in [-0.3, -0.25) is 14.9 Å². The van der Waals surface area contributed by atoms with Gasteiger partial charge < -0.3 is 10.4 Å². The molecule has 8 heteroatoms. The molecule has 0 aromatic heterocycles. The molecule has 1 atom stereocenters. The maximum atomic E-state index is 12.2. The summed E-state index contributed by atoms with van der Waals surface area (Å²) in [6, 6.07) is 16.7. The minimum atomic E-state index is -0.578. The summed E-state index contributed by atoms with van der Waals surface area (Å²) in [5.41, 5.74) is 3.09. The number of benzene rings is 3. The van der Waals surface area contributed by atoms with Gasteiger partial charge in [-0.2, -0.15) is 5.10 Å². The molecule has 0 aliphatic heterocycles. The van der Waals surface area contributed by atoms with E-state index in [1.165, 1.54) is 18.2 Å². The zero-order chi connectivity index (χ0) is 20.1. The van der Waals surface area contributed by atoms with Gasteiger partial charge in [0.1, 0.15) is 11.8 Å². The highest BCUT2D eigenvalue weighted by Crippen LogP contribution is 2.21. The summed E-state index contributed by atoms with van der Waals surface area (Å²) < 4.78 is 0. The zero-order valence-corrected chi connectivity index (χ0v) is 15.0. The van der Waals surface area contributed by atoms with Gasteiger partial charge in [0.25, 0.3) is 11.6 Å². The number of phenolic OH excluding ortho intramolecular Hbond substituents is 1. The molecule has 0 heterocycles. The topological polar surface area (TPSA) is 117 Å². The zero-order valence-electron chi connectivity index (χ0n) is 15.0. The average molecular weight is 378 g/mol. The van der Waals surface area contributed by atoms with Crippen LogP contribution in [0.25, 0.3) is 10.8 Å². The third kappa shape index (κ3) is 4.42. The van der Waals surface area contributed by atoms with E-state index in [-0.39, 0.29) is 17.0 Å². The van der Waals surface area contributed by atoms with Crippen LogP contribution in [0.4, 0.5) is 11.4 Å². The van der Waals surface area contributed by atoms with Gasteiger partial charge >= 0.3 is 0 Å². The van der Waals surface area contributed by atoms with Crippen molar-refractivity contribution in [3.05, 3.63) is 76.3 Å². The number of rotatable bonds is 6. The van der Waals surface area contributed by atoms with E-state index in [2.05, 4.69) is 15.8 Å². The van der Waals surface area contributed by atoms with E-state index in [0.717, 1.165) is 22.7 Å². The molecule has 8 nitrogen and oxygen atoms in total. The van der Waals surface area contributed by atoms with Gasteiger partial charge in [-0.25, -0.2) is 5.43 Å². The molecule has 0 aliphatic carbocycles. The number of carbonyl (C=O) groups excluding carboxylic acids is 1. The highest BCUT2D eigenvalue weighted by molar-refractivity contribution is 5.89. The Labute approximate surface area is 160 Å². The highest BCUT2D eigenvalue weighted by Gasteiger charge is 2.12. The van der Waals surface area contributed by atoms with Crippen molar-refractivity contribution in [2.24, 2.45) is 5.10 Å². The van der Waals surface area contributed by atoms with E-state index in [9.17, 15) is 20.0 Å². The van der Waals surface area contributed by atoms with Crippen LogP contribution in [-0.2, 0) is 4.79 Å². The number of nitro benzene ring substituents is 1. The average Bonchev–Trinajstić information content (AvgIpc) is 2.69. The van der Waals surface area contributed by atoms with Gasteiger partial charge in [0.05, 0.1) is 11.1 Å². The number of fused-ring (bicyclic) bond motifs is 1. The van der Waals surface area contributed by atoms with Gasteiger partial charge in [-0.05, 0) is 35.9 Å².